The Hall–Kier alpha value is -3.49. The molecule has 6 nitrogen and oxygen atoms in total. The molecule has 0 aliphatic carbocycles. The first-order valence-electron chi connectivity index (χ1n) is 10.1. The van der Waals surface area contributed by atoms with Gasteiger partial charge in [0, 0.05) is 37.5 Å². The third kappa shape index (κ3) is 5.60. The Balaban J connectivity index is 0.000000207. The second-order valence-electron chi connectivity index (χ2n) is 7.58. The van der Waals surface area contributed by atoms with Crippen LogP contribution in [0, 0.1) is 0 Å². The molecule has 3 aromatic rings. The number of nitrogen functional groups attached to an aromatic ring is 1. The molecule has 9 heteroatoms. The second-order valence-corrected chi connectivity index (χ2v) is 7.58. The number of benzene rings is 2. The number of fused-ring (bicyclic) bond motifs is 1. The van der Waals surface area contributed by atoms with E-state index in [-0.39, 0.29) is 23.4 Å². The van der Waals surface area contributed by atoms with Crippen LogP contribution in [-0.2, 0) is 18.3 Å². The van der Waals surface area contributed by atoms with Crippen molar-refractivity contribution in [3.63, 3.8) is 0 Å². The molecule has 0 saturated heterocycles. The fourth-order valence-electron chi connectivity index (χ4n) is 3.66. The summed E-state index contributed by atoms with van der Waals surface area (Å²) >= 11 is 0. The number of para-hydroxylation sites is 2. The number of hydrogen-bond acceptors (Lipinski definition) is 4. The number of nitrogens with two attached hydrogens (primary N) is 1. The predicted molar refractivity (Wildman–Crippen MR) is 117 cm³/mol. The lowest BCUT2D eigenvalue weighted by molar-refractivity contribution is -0.274. The van der Waals surface area contributed by atoms with Crippen LogP contribution in [0.3, 0.4) is 0 Å². The van der Waals surface area contributed by atoms with Gasteiger partial charge < -0.3 is 15.4 Å². The average Bonchev–Trinajstić information content (AvgIpc) is 3.15. The number of rotatable bonds is 2. The summed E-state index contributed by atoms with van der Waals surface area (Å²) in [6.07, 6.45) is -0.715. The quantitative estimate of drug-likeness (QED) is 0.566. The van der Waals surface area contributed by atoms with Gasteiger partial charge in [0.05, 0.1) is 11.4 Å². The topological polar surface area (TPSA) is 73.4 Å². The van der Waals surface area contributed by atoms with E-state index in [0.717, 1.165) is 35.9 Å². The van der Waals surface area contributed by atoms with Crippen molar-refractivity contribution in [2.24, 2.45) is 7.05 Å². The van der Waals surface area contributed by atoms with E-state index in [1.54, 1.807) is 11.6 Å². The van der Waals surface area contributed by atoms with Crippen LogP contribution >= 0.6 is 0 Å². The predicted octanol–water partition coefficient (Wildman–Crippen LogP) is 4.94. The van der Waals surface area contributed by atoms with Crippen LogP contribution < -0.4 is 15.4 Å². The van der Waals surface area contributed by atoms with E-state index in [1.807, 2.05) is 24.2 Å². The van der Waals surface area contributed by atoms with Crippen LogP contribution in [0.25, 0.3) is 11.3 Å². The first-order valence-corrected chi connectivity index (χ1v) is 10.1. The highest BCUT2D eigenvalue weighted by Crippen LogP contribution is 2.33. The van der Waals surface area contributed by atoms with Crippen LogP contribution in [0.4, 0.5) is 24.5 Å². The molecule has 0 radical (unpaired) electrons. The highest BCUT2D eigenvalue weighted by atomic mass is 19.4. The molecule has 0 spiro atoms. The summed E-state index contributed by atoms with van der Waals surface area (Å²) in [5.74, 6) is -0.256. The molecule has 2 N–H and O–H groups in total. The van der Waals surface area contributed by atoms with E-state index in [4.69, 9.17) is 5.73 Å². The standard InChI is InChI=1S/C16H19N3O.C7H6F3NO/c1-11-4-5-14-10-13(15-8-9-18(3)17-15)6-7-16(14)19(11)12(2)20;8-7(9,10)12-6-4-2-1-3-5(6)11/h6-11H,4-5H2,1-3H3;1-4H,11H2/t11-;/m0./s1. The third-order valence-corrected chi connectivity index (χ3v) is 5.10. The molecule has 2 aromatic carbocycles. The Morgan fingerprint density at radius 2 is 1.91 bits per heavy atom. The number of carbonyl (C=O) groups is 1. The molecule has 0 fully saturated rings. The number of alkyl halides is 3. The molecule has 1 atom stereocenters. The van der Waals surface area contributed by atoms with Crippen LogP contribution in [0.2, 0.25) is 0 Å². The summed E-state index contributed by atoms with van der Waals surface area (Å²) in [7, 11) is 1.92. The molecule has 0 bridgehead atoms. The lowest BCUT2D eigenvalue weighted by atomic mass is 9.94. The number of aryl methyl sites for hydroxylation is 2. The van der Waals surface area contributed by atoms with Crippen LogP contribution in [0.15, 0.2) is 54.7 Å². The minimum Gasteiger partial charge on any atom is -0.404 e. The van der Waals surface area contributed by atoms with E-state index in [2.05, 4.69) is 35.0 Å². The van der Waals surface area contributed by atoms with Gasteiger partial charge in [-0.3, -0.25) is 9.48 Å². The molecule has 0 saturated carbocycles. The van der Waals surface area contributed by atoms with Gasteiger partial charge in [0.2, 0.25) is 5.91 Å². The molecule has 1 aromatic heterocycles. The Bertz CT molecular complexity index is 1090. The number of carbonyl (C=O) groups excluding carboxylic acids is 1. The number of ether oxygens (including phenoxy) is 1. The van der Waals surface area contributed by atoms with Gasteiger partial charge in [-0.25, -0.2) is 0 Å². The fourth-order valence-corrected chi connectivity index (χ4v) is 3.66. The Labute approximate surface area is 184 Å². The summed E-state index contributed by atoms with van der Waals surface area (Å²) in [5.41, 5.74) is 9.55. The smallest absolute Gasteiger partial charge is 0.404 e. The molecule has 170 valence electrons. The van der Waals surface area contributed by atoms with E-state index < -0.39 is 6.36 Å². The van der Waals surface area contributed by atoms with Crippen LogP contribution in [0.1, 0.15) is 25.8 Å². The van der Waals surface area contributed by atoms with Crippen LogP contribution in [-0.4, -0.2) is 28.1 Å². The van der Waals surface area contributed by atoms with E-state index in [1.165, 1.54) is 23.8 Å². The zero-order valence-corrected chi connectivity index (χ0v) is 18.1. The number of hydrogen-bond donors (Lipinski definition) is 1. The molecule has 0 unspecified atom stereocenters. The number of amides is 1. The highest BCUT2D eigenvalue weighted by Gasteiger charge is 2.31. The van der Waals surface area contributed by atoms with Crippen molar-refractivity contribution in [2.45, 2.75) is 39.1 Å². The molecule has 2 heterocycles. The van der Waals surface area contributed by atoms with Gasteiger partial charge in [0.1, 0.15) is 0 Å². The highest BCUT2D eigenvalue weighted by molar-refractivity contribution is 5.93. The zero-order valence-electron chi connectivity index (χ0n) is 18.1. The molecule has 1 aliphatic heterocycles. The molecular weight excluding hydrogens is 421 g/mol. The van der Waals surface area contributed by atoms with E-state index >= 15 is 0 Å². The van der Waals surface area contributed by atoms with Crippen LogP contribution in [0.5, 0.6) is 5.75 Å². The maximum Gasteiger partial charge on any atom is 0.573 e. The maximum absolute atomic E-state index is 11.8. The normalized spacial score (nSPS) is 15.4. The minimum absolute atomic E-state index is 0.0326. The Morgan fingerprint density at radius 1 is 1.19 bits per heavy atom. The lowest BCUT2D eigenvalue weighted by Crippen LogP contribution is -2.40. The number of halogens is 3. The summed E-state index contributed by atoms with van der Waals surface area (Å²) in [6, 6.07) is 14.0. The van der Waals surface area contributed by atoms with Crippen molar-refractivity contribution in [1.82, 2.24) is 9.78 Å². The minimum atomic E-state index is -4.69. The van der Waals surface area contributed by atoms with Gasteiger partial charge in [0.25, 0.3) is 0 Å². The molecule has 1 amide bonds. The molecule has 1 aliphatic rings. The first-order chi connectivity index (χ1) is 15.0. The summed E-state index contributed by atoms with van der Waals surface area (Å²) in [6.45, 7) is 3.75. The second kappa shape index (κ2) is 9.33. The third-order valence-electron chi connectivity index (χ3n) is 5.10. The summed E-state index contributed by atoms with van der Waals surface area (Å²) < 4.78 is 40.3. The van der Waals surface area contributed by atoms with Crippen molar-refractivity contribution in [3.05, 3.63) is 60.3 Å². The van der Waals surface area contributed by atoms with Crippen molar-refractivity contribution >= 4 is 17.3 Å². The largest absolute Gasteiger partial charge is 0.573 e. The van der Waals surface area contributed by atoms with Gasteiger partial charge in [-0.1, -0.05) is 18.2 Å². The summed E-state index contributed by atoms with van der Waals surface area (Å²) in [5, 5.41) is 4.44. The first kappa shape index (κ1) is 23.2. The number of anilines is 2. The maximum atomic E-state index is 11.8. The molecular formula is C23H25F3N4O2. The number of aromatic nitrogens is 2. The van der Waals surface area contributed by atoms with E-state index in [9.17, 15) is 18.0 Å². The van der Waals surface area contributed by atoms with Crippen molar-refractivity contribution in [3.8, 4) is 17.0 Å². The van der Waals surface area contributed by atoms with Crippen molar-refractivity contribution < 1.29 is 22.7 Å². The van der Waals surface area contributed by atoms with Gasteiger partial charge >= 0.3 is 6.36 Å². The van der Waals surface area contributed by atoms with Gasteiger partial charge in [-0.2, -0.15) is 5.10 Å². The average molecular weight is 446 g/mol. The van der Waals surface area contributed by atoms with Crippen molar-refractivity contribution in [1.29, 1.82) is 0 Å². The molecule has 4 rings (SSSR count). The monoisotopic (exact) mass is 446 g/mol. The van der Waals surface area contributed by atoms with Crippen molar-refractivity contribution in [2.75, 3.05) is 10.6 Å². The van der Waals surface area contributed by atoms with Gasteiger partial charge in [0.15, 0.2) is 5.75 Å². The SMILES string of the molecule is CC(=O)N1c2ccc(-c3ccn(C)n3)cc2CC[C@@H]1C.Nc1ccccc1OC(F)(F)F. The fraction of sp³-hybridized carbons (Fsp3) is 0.304. The van der Waals surface area contributed by atoms with E-state index in [0.29, 0.717) is 0 Å². The zero-order chi connectivity index (χ0) is 23.5. The van der Waals surface area contributed by atoms with Gasteiger partial charge in [-0.15, -0.1) is 13.2 Å². The Kier molecular flexibility index (Phi) is 6.76. The number of nitrogens with zero attached hydrogens (tertiary/aromatic N) is 3. The molecule has 32 heavy (non-hydrogen) atoms. The lowest BCUT2D eigenvalue weighted by Gasteiger charge is -2.34. The summed E-state index contributed by atoms with van der Waals surface area (Å²) in [4.78, 5) is 13.7. The Morgan fingerprint density at radius 3 is 2.50 bits per heavy atom. The van der Waals surface area contributed by atoms with Gasteiger partial charge in [-0.05, 0) is 55.7 Å².